The summed E-state index contributed by atoms with van der Waals surface area (Å²) in [6, 6.07) is 3.75. The molecule has 2 heterocycles. The van der Waals surface area contributed by atoms with Crippen LogP contribution in [0.1, 0.15) is 16.6 Å². The van der Waals surface area contributed by atoms with Gasteiger partial charge in [-0.05, 0) is 25.1 Å². The molecule has 0 aromatic carbocycles. The van der Waals surface area contributed by atoms with Crippen LogP contribution in [0.25, 0.3) is 10.2 Å². The Kier molecular flexibility index (Phi) is 6.03. The summed E-state index contributed by atoms with van der Waals surface area (Å²) in [4.78, 5) is 24.3. The predicted octanol–water partition coefficient (Wildman–Crippen LogP) is 4.08. The Labute approximate surface area is 145 Å². The Morgan fingerprint density at radius 1 is 1.50 bits per heavy atom. The molecule has 2 aromatic rings. The van der Waals surface area contributed by atoms with Crippen LogP contribution < -0.4 is 5.32 Å². The summed E-state index contributed by atoms with van der Waals surface area (Å²) in [5.41, 5.74) is 1.67. The van der Waals surface area contributed by atoms with E-state index in [-0.39, 0.29) is 5.91 Å². The molecule has 0 radical (unpaired) electrons. The standard InChI is InChI=1S/C18H20N4OS/c1-5-7-8-13(6-2)22(12-19-3)18(23)16-11-14-15(20-4)9-10-21-17(14)24-16/h5-12H,1H2,2-4H3,(H,20,21)/b8-7-,13-6+,19-12?. The fraction of sp³-hybridized carbons (Fsp3) is 0.167. The second-order valence-electron chi connectivity index (χ2n) is 4.80. The van der Waals surface area contributed by atoms with E-state index in [1.165, 1.54) is 22.6 Å². The molecule has 0 atom stereocenters. The lowest BCUT2D eigenvalue weighted by molar-refractivity contribution is 0.0889. The largest absolute Gasteiger partial charge is 0.388 e. The van der Waals surface area contributed by atoms with Gasteiger partial charge in [-0.15, -0.1) is 11.3 Å². The molecule has 5 nitrogen and oxygen atoms in total. The summed E-state index contributed by atoms with van der Waals surface area (Å²) in [6.45, 7) is 5.53. The molecule has 24 heavy (non-hydrogen) atoms. The summed E-state index contributed by atoms with van der Waals surface area (Å²) in [5, 5.41) is 4.06. The fourth-order valence-electron chi connectivity index (χ4n) is 2.22. The second kappa shape index (κ2) is 8.21. The van der Waals surface area contributed by atoms with E-state index in [1.54, 1.807) is 25.4 Å². The quantitative estimate of drug-likeness (QED) is 0.490. The highest BCUT2D eigenvalue weighted by molar-refractivity contribution is 7.20. The van der Waals surface area contributed by atoms with Gasteiger partial charge < -0.3 is 5.32 Å². The first-order valence-electron chi connectivity index (χ1n) is 7.43. The summed E-state index contributed by atoms with van der Waals surface area (Å²) in [5.74, 6) is -0.146. The van der Waals surface area contributed by atoms with E-state index < -0.39 is 0 Å². The molecule has 6 heteroatoms. The average Bonchev–Trinajstić information content (AvgIpc) is 3.04. The minimum Gasteiger partial charge on any atom is -0.388 e. The molecule has 1 N–H and O–H groups in total. The predicted molar refractivity (Wildman–Crippen MR) is 103 cm³/mol. The summed E-state index contributed by atoms with van der Waals surface area (Å²) in [6.07, 6.45) is 10.4. The van der Waals surface area contributed by atoms with Crippen molar-refractivity contribution in [3.05, 3.63) is 59.8 Å². The van der Waals surface area contributed by atoms with Gasteiger partial charge in [-0.3, -0.25) is 14.7 Å². The third-order valence-electron chi connectivity index (χ3n) is 3.34. The Morgan fingerprint density at radius 2 is 2.29 bits per heavy atom. The molecule has 1 amide bonds. The van der Waals surface area contributed by atoms with Crippen molar-refractivity contribution in [2.24, 2.45) is 4.99 Å². The molecule has 2 aromatic heterocycles. The van der Waals surface area contributed by atoms with E-state index in [1.807, 2.05) is 38.3 Å². The van der Waals surface area contributed by atoms with Gasteiger partial charge in [-0.25, -0.2) is 4.98 Å². The zero-order chi connectivity index (χ0) is 17.5. The Morgan fingerprint density at radius 3 is 2.92 bits per heavy atom. The van der Waals surface area contributed by atoms with Crippen LogP contribution in [0.2, 0.25) is 0 Å². The molecular formula is C18H20N4OS. The van der Waals surface area contributed by atoms with Crippen molar-refractivity contribution in [3.63, 3.8) is 0 Å². The van der Waals surface area contributed by atoms with Crippen LogP contribution in [-0.4, -0.2) is 36.2 Å². The number of allylic oxidation sites excluding steroid dienone is 4. The zero-order valence-electron chi connectivity index (χ0n) is 14.0. The van der Waals surface area contributed by atoms with E-state index in [4.69, 9.17) is 0 Å². The Bertz CT molecular complexity index is 833. The molecule has 0 saturated carbocycles. The normalized spacial score (nSPS) is 12.2. The number of carbonyl (C=O) groups is 1. The number of thiophene rings is 1. The van der Waals surface area contributed by atoms with E-state index >= 15 is 0 Å². The topological polar surface area (TPSA) is 57.6 Å². The highest BCUT2D eigenvalue weighted by Gasteiger charge is 2.20. The van der Waals surface area contributed by atoms with Gasteiger partial charge in [-0.1, -0.05) is 24.8 Å². The number of aromatic nitrogens is 1. The SMILES string of the molecule is C=C/C=C\C(=C/C)N(C=NC)C(=O)c1cc2c(NC)ccnc2s1. The van der Waals surface area contributed by atoms with Gasteiger partial charge in [0.15, 0.2) is 0 Å². The molecule has 0 fully saturated rings. The number of pyridine rings is 1. The number of amides is 1. The average molecular weight is 340 g/mol. The monoisotopic (exact) mass is 340 g/mol. The first-order chi connectivity index (χ1) is 11.7. The number of hydrogen-bond donors (Lipinski definition) is 1. The lowest BCUT2D eigenvalue weighted by Crippen LogP contribution is -2.27. The molecule has 0 aliphatic heterocycles. The number of nitrogens with one attached hydrogen (secondary N) is 1. The van der Waals surface area contributed by atoms with Crippen molar-refractivity contribution in [1.29, 1.82) is 0 Å². The first-order valence-corrected chi connectivity index (χ1v) is 8.25. The van der Waals surface area contributed by atoms with E-state index in [0.717, 1.165) is 21.6 Å². The second-order valence-corrected chi connectivity index (χ2v) is 5.83. The van der Waals surface area contributed by atoms with Gasteiger partial charge in [0, 0.05) is 37.1 Å². The van der Waals surface area contributed by atoms with Gasteiger partial charge in [0.25, 0.3) is 5.91 Å². The van der Waals surface area contributed by atoms with Crippen molar-refractivity contribution in [3.8, 4) is 0 Å². The number of anilines is 1. The highest BCUT2D eigenvalue weighted by Crippen LogP contribution is 2.30. The van der Waals surface area contributed by atoms with Gasteiger partial charge in [0.05, 0.1) is 11.2 Å². The molecule has 0 saturated heterocycles. The maximum absolute atomic E-state index is 13.0. The molecular weight excluding hydrogens is 320 g/mol. The minimum absolute atomic E-state index is 0.146. The van der Waals surface area contributed by atoms with Crippen LogP contribution in [0.3, 0.4) is 0 Å². The van der Waals surface area contributed by atoms with E-state index in [2.05, 4.69) is 21.9 Å². The molecule has 0 aliphatic rings. The van der Waals surface area contributed by atoms with Gasteiger partial charge in [0.1, 0.15) is 4.83 Å². The number of rotatable bonds is 6. The lowest BCUT2D eigenvalue weighted by Gasteiger charge is -2.17. The molecule has 0 bridgehead atoms. The Balaban J connectivity index is 2.47. The number of carbonyl (C=O) groups excluding carboxylic acids is 1. The molecule has 2 rings (SSSR count). The van der Waals surface area contributed by atoms with Crippen LogP contribution in [-0.2, 0) is 0 Å². The number of aliphatic imine (C=N–C) groups is 1. The van der Waals surface area contributed by atoms with Crippen LogP contribution in [0.4, 0.5) is 5.69 Å². The van der Waals surface area contributed by atoms with E-state index in [0.29, 0.717) is 4.88 Å². The minimum atomic E-state index is -0.146. The molecule has 0 aliphatic carbocycles. The summed E-state index contributed by atoms with van der Waals surface area (Å²) >= 11 is 1.37. The first kappa shape index (κ1) is 17.6. The van der Waals surface area contributed by atoms with Gasteiger partial charge in [-0.2, -0.15) is 0 Å². The number of nitrogens with zero attached hydrogens (tertiary/aromatic N) is 3. The maximum Gasteiger partial charge on any atom is 0.273 e. The summed E-state index contributed by atoms with van der Waals surface area (Å²) in [7, 11) is 3.48. The molecule has 0 unspecified atom stereocenters. The van der Waals surface area contributed by atoms with Crippen LogP contribution in [0, 0.1) is 0 Å². The number of fused-ring (bicyclic) bond motifs is 1. The molecule has 0 spiro atoms. The van der Waals surface area contributed by atoms with Crippen LogP contribution in [0.15, 0.2) is 59.9 Å². The van der Waals surface area contributed by atoms with Gasteiger partial charge >= 0.3 is 0 Å². The number of hydrogen-bond acceptors (Lipinski definition) is 5. The van der Waals surface area contributed by atoms with Crippen LogP contribution >= 0.6 is 11.3 Å². The fourth-order valence-corrected chi connectivity index (χ4v) is 3.18. The third-order valence-corrected chi connectivity index (χ3v) is 4.37. The van der Waals surface area contributed by atoms with Gasteiger partial charge in [0.2, 0.25) is 0 Å². The maximum atomic E-state index is 13.0. The summed E-state index contributed by atoms with van der Waals surface area (Å²) < 4.78 is 0. The van der Waals surface area contributed by atoms with Crippen molar-refractivity contribution in [1.82, 2.24) is 9.88 Å². The smallest absolute Gasteiger partial charge is 0.273 e. The van der Waals surface area contributed by atoms with Crippen molar-refractivity contribution in [2.75, 3.05) is 19.4 Å². The van der Waals surface area contributed by atoms with Crippen LogP contribution in [0.5, 0.6) is 0 Å². The highest BCUT2D eigenvalue weighted by atomic mass is 32.1. The van der Waals surface area contributed by atoms with Crippen molar-refractivity contribution < 1.29 is 4.79 Å². The molecule has 124 valence electrons. The zero-order valence-corrected chi connectivity index (χ0v) is 14.8. The lowest BCUT2D eigenvalue weighted by atomic mass is 10.2. The van der Waals surface area contributed by atoms with Crippen molar-refractivity contribution in [2.45, 2.75) is 6.92 Å². The van der Waals surface area contributed by atoms with E-state index in [9.17, 15) is 4.79 Å². The third kappa shape index (κ3) is 3.60. The van der Waals surface area contributed by atoms with Crippen molar-refractivity contribution >= 4 is 39.5 Å². The Hall–Kier alpha value is -2.73.